The summed E-state index contributed by atoms with van der Waals surface area (Å²) in [7, 11) is 0. The Bertz CT molecular complexity index is 378. The second kappa shape index (κ2) is 4.29. The van der Waals surface area contributed by atoms with Crippen molar-refractivity contribution in [1.29, 1.82) is 0 Å². The van der Waals surface area contributed by atoms with Crippen molar-refractivity contribution in [2.24, 2.45) is 5.92 Å². The van der Waals surface area contributed by atoms with E-state index in [4.69, 9.17) is 14.2 Å². The van der Waals surface area contributed by atoms with Crippen molar-refractivity contribution in [2.75, 3.05) is 11.0 Å². The first kappa shape index (κ1) is 14.5. The summed E-state index contributed by atoms with van der Waals surface area (Å²) in [6.45, 7) is 6.55. The molecule has 1 spiro atoms. The van der Waals surface area contributed by atoms with Gasteiger partial charge in [0, 0.05) is 17.3 Å². The van der Waals surface area contributed by atoms with E-state index in [2.05, 4.69) is 29.5 Å². The highest BCUT2D eigenvalue weighted by molar-refractivity contribution is 14.1. The summed E-state index contributed by atoms with van der Waals surface area (Å²) in [6, 6.07) is 0. The molecule has 0 radical (unpaired) electrons. The third-order valence-corrected chi connectivity index (χ3v) is 6.40. The molecule has 0 amide bonds. The lowest BCUT2D eigenvalue weighted by Crippen LogP contribution is -2.78. The standard InChI is InChI=1S/C14H23IO4/c1-11(2)13(16)7-6-12(3,18-11)14(19-13)5-4-10(8-15)9-17-14/h10,16H,4-9H2,1-3H3/t10-,12+,13+,14+/m1/s1. The lowest BCUT2D eigenvalue weighted by molar-refractivity contribution is -0.521. The lowest BCUT2D eigenvalue weighted by Gasteiger charge is -2.66. The van der Waals surface area contributed by atoms with Crippen molar-refractivity contribution in [3.05, 3.63) is 0 Å². The predicted molar refractivity (Wildman–Crippen MR) is 79.1 cm³/mol. The third kappa shape index (κ3) is 1.92. The minimum absolute atomic E-state index is 0.461. The molecule has 0 aromatic carbocycles. The summed E-state index contributed by atoms with van der Waals surface area (Å²) in [6.07, 6.45) is 3.26. The van der Waals surface area contributed by atoms with Crippen LogP contribution in [0.4, 0.5) is 0 Å². The van der Waals surface area contributed by atoms with Gasteiger partial charge in [-0.25, -0.2) is 0 Å². The molecular formula is C14H23IO4. The summed E-state index contributed by atoms with van der Waals surface area (Å²) in [5, 5.41) is 10.8. The van der Waals surface area contributed by atoms with Gasteiger partial charge in [0.15, 0.2) is 5.79 Å². The van der Waals surface area contributed by atoms with Crippen molar-refractivity contribution < 1.29 is 19.3 Å². The Kier molecular flexibility index (Phi) is 3.27. The van der Waals surface area contributed by atoms with E-state index in [9.17, 15) is 5.11 Å². The van der Waals surface area contributed by atoms with Crippen LogP contribution in [0.5, 0.6) is 0 Å². The van der Waals surface area contributed by atoms with Crippen LogP contribution in [0.25, 0.3) is 0 Å². The number of hydrogen-bond donors (Lipinski definition) is 1. The Morgan fingerprint density at radius 3 is 2.42 bits per heavy atom. The van der Waals surface area contributed by atoms with Crippen LogP contribution < -0.4 is 0 Å². The van der Waals surface area contributed by atoms with Gasteiger partial charge >= 0.3 is 0 Å². The minimum atomic E-state index is -1.23. The van der Waals surface area contributed by atoms with Crippen LogP contribution in [0.3, 0.4) is 0 Å². The van der Waals surface area contributed by atoms with Gasteiger partial charge < -0.3 is 19.3 Å². The molecule has 1 N–H and O–H groups in total. The number of ether oxygens (including phenoxy) is 3. The molecule has 19 heavy (non-hydrogen) atoms. The SMILES string of the molecule is CC1(C)O[C@@]2(C)CC[C@]1(O)O[C@@]21CC[C@H](CI)CO1. The summed E-state index contributed by atoms with van der Waals surface area (Å²) < 4.78 is 19.5. The van der Waals surface area contributed by atoms with E-state index in [1.165, 1.54) is 0 Å². The molecule has 5 heteroatoms. The Balaban J connectivity index is 1.89. The van der Waals surface area contributed by atoms with Crippen molar-refractivity contribution in [2.45, 2.75) is 69.2 Å². The smallest absolute Gasteiger partial charge is 0.200 e. The van der Waals surface area contributed by atoms with Crippen LogP contribution in [0.2, 0.25) is 0 Å². The van der Waals surface area contributed by atoms with Crippen LogP contribution in [0, 0.1) is 5.92 Å². The third-order valence-electron chi connectivity index (χ3n) is 5.15. The zero-order valence-corrected chi connectivity index (χ0v) is 14.0. The summed E-state index contributed by atoms with van der Waals surface area (Å²) in [4.78, 5) is 0. The fourth-order valence-corrected chi connectivity index (χ4v) is 4.34. The zero-order valence-electron chi connectivity index (χ0n) is 11.9. The Hall–Kier alpha value is 0.570. The maximum Gasteiger partial charge on any atom is 0.200 e. The van der Waals surface area contributed by atoms with Crippen molar-refractivity contribution in [3.63, 3.8) is 0 Å². The number of rotatable bonds is 1. The fraction of sp³-hybridized carbons (Fsp3) is 1.00. The van der Waals surface area contributed by atoms with E-state index in [1.54, 1.807) is 0 Å². The molecule has 4 rings (SSSR count). The largest absolute Gasteiger partial charge is 0.363 e. The first-order chi connectivity index (χ1) is 8.76. The first-order valence-electron chi connectivity index (χ1n) is 7.09. The van der Waals surface area contributed by atoms with Gasteiger partial charge in [0.2, 0.25) is 5.79 Å². The summed E-state index contributed by atoms with van der Waals surface area (Å²) in [5.74, 6) is -1.42. The normalized spacial score (nSPS) is 52.6. The van der Waals surface area contributed by atoms with E-state index in [-0.39, 0.29) is 0 Å². The maximum atomic E-state index is 10.8. The highest BCUT2D eigenvalue weighted by Gasteiger charge is 2.70. The number of alkyl halides is 1. The van der Waals surface area contributed by atoms with E-state index in [1.807, 2.05) is 13.8 Å². The van der Waals surface area contributed by atoms with Gasteiger partial charge in [-0.15, -0.1) is 0 Å². The maximum absolute atomic E-state index is 10.8. The van der Waals surface area contributed by atoms with Gasteiger partial charge in [-0.1, -0.05) is 22.6 Å². The average molecular weight is 382 g/mol. The van der Waals surface area contributed by atoms with Crippen LogP contribution >= 0.6 is 22.6 Å². The van der Waals surface area contributed by atoms with Crippen molar-refractivity contribution in [3.8, 4) is 0 Å². The lowest BCUT2D eigenvalue weighted by atomic mass is 9.72. The van der Waals surface area contributed by atoms with Gasteiger partial charge in [0.1, 0.15) is 11.2 Å². The van der Waals surface area contributed by atoms with Crippen molar-refractivity contribution in [1.82, 2.24) is 0 Å². The molecule has 4 atom stereocenters. The van der Waals surface area contributed by atoms with Crippen LogP contribution in [0.15, 0.2) is 0 Å². The summed E-state index contributed by atoms with van der Waals surface area (Å²) in [5.41, 5.74) is -1.15. The Morgan fingerprint density at radius 2 is 1.89 bits per heavy atom. The van der Waals surface area contributed by atoms with Crippen molar-refractivity contribution >= 4 is 22.6 Å². The molecule has 4 aliphatic heterocycles. The highest BCUT2D eigenvalue weighted by Crippen LogP contribution is 2.58. The molecule has 4 fully saturated rings. The van der Waals surface area contributed by atoms with Gasteiger partial charge in [0.25, 0.3) is 0 Å². The second-order valence-electron chi connectivity index (χ2n) is 6.85. The molecule has 110 valence electrons. The Morgan fingerprint density at radius 1 is 1.16 bits per heavy atom. The van der Waals surface area contributed by atoms with E-state index < -0.39 is 22.8 Å². The molecule has 4 nitrogen and oxygen atoms in total. The molecule has 4 aliphatic rings. The Labute approximate surface area is 128 Å². The molecule has 4 saturated heterocycles. The van der Waals surface area contributed by atoms with Gasteiger partial charge in [0.05, 0.1) is 6.61 Å². The molecule has 0 aliphatic carbocycles. The molecular weight excluding hydrogens is 359 g/mol. The van der Waals surface area contributed by atoms with Gasteiger partial charge in [-0.2, -0.15) is 0 Å². The quantitative estimate of drug-likeness (QED) is 0.560. The first-order valence-corrected chi connectivity index (χ1v) is 8.61. The highest BCUT2D eigenvalue weighted by atomic mass is 127. The molecule has 4 heterocycles. The van der Waals surface area contributed by atoms with Gasteiger partial charge in [-0.05, 0) is 39.5 Å². The van der Waals surface area contributed by atoms with Gasteiger partial charge in [-0.3, -0.25) is 0 Å². The fourth-order valence-electron chi connectivity index (χ4n) is 3.65. The summed E-state index contributed by atoms with van der Waals surface area (Å²) >= 11 is 2.40. The van der Waals surface area contributed by atoms with E-state index in [0.717, 1.165) is 23.7 Å². The average Bonchev–Trinajstić information content (AvgIpc) is 2.34. The van der Waals surface area contributed by atoms with Crippen LogP contribution in [-0.2, 0) is 14.2 Å². The second-order valence-corrected chi connectivity index (χ2v) is 7.73. The number of aliphatic hydroxyl groups is 1. The molecule has 2 bridgehead atoms. The zero-order chi connectivity index (χ0) is 13.9. The monoisotopic (exact) mass is 382 g/mol. The molecule has 0 unspecified atom stereocenters. The number of fused-ring (bicyclic) bond motifs is 2. The molecule has 0 aromatic heterocycles. The number of halogens is 1. The van der Waals surface area contributed by atoms with Crippen LogP contribution in [0.1, 0.15) is 46.5 Å². The minimum Gasteiger partial charge on any atom is -0.363 e. The number of hydrogen-bond acceptors (Lipinski definition) is 4. The topological polar surface area (TPSA) is 47.9 Å². The molecule has 0 aromatic rings. The van der Waals surface area contributed by atoms with Crippen LogP contribution in [-0.4, -0.2) is 38.9 Å². The predicted octanol–water partition coefficient (Wildman–Crippen LogP) is 2.61. The molecule has 0 saturated carbocycles. The van der Waals surface area contributed by atoms with E-state index in [0.29, 0.717) is 18.9 Å². The van der Waals surface area contributed by atoms with E-state index >= 15 is 0 Å².